The van der Waals surface area contributed by atoms with Crippen molar-refractivity contribution in [3.63, 3.8) is 0 Å². The van der Waals surface area contributed by atoms with Gasteiger partial charge >= 0.3 is 5.97 Å². The number of hydrogen-bond donors (Lipinski definition) is 0. The van der Waals surface area contributed by atoms with Gasteiger partial charge in [-0.2, -0.15) is 0 Å². The van der Waals surface area contributed by atoms with Gasteiger partial charge in [0, 0.05) is 12.0 Å². The van der Waals surface area contributed by atoms with Gasteiger partial charge in [-0.05, 0) is 32.4 Å². The maximum Gasteiger partial charge on any atom is 0.360 e. The molecule has 0 spiro atoms. The van der Waals surface area contributed by atoms with Crippen molar-refractivity contribution in [2.24, 2.45) is 5.16 Å². The first kappa shape index (κ1) is 28.6. The number of esters is 1. The Morgan fingerprint density at radius 1 is 0.862 bits per heavy atom. The predicted molar refractivity (Wildman–Crippen MR) is 122 cm³/mol. The Bertz CT molecular complexity index is 673. The van der Waals surface area contributed by atoms with Crippen LogP contribution in [0.5, 0.6) is 5.75 Å². The number of rotatable bonds is 5. The van der Waals surface area contributed by atoms with E-state index in [1.165, 1.54) is 25.4 Å². The van der Waals surface area contributed by atoms with E-state index in [1.54, 1.807) is 0 Å². The van der Waals surface area contributed by atoms with Crippen LogP contribution in [0.2, 0.25) is 0 Å². The Hall–Kier alpha value is -2.56. The molecule has 5 nitrogen and oxygen atoms in total. The summed E-state index contributed by atoms with van der Waals surface area (Å²) in [7, 11) is 2.72. The van der Waals surface area contributed by atoms with Crippen LogP contribution >= 0.6 is 0 Å². The first-order valence-electron chi connectivity index (χ1n) is 10.4. The van der Waals surface area contributed by atoms with Crippen molar-refractivity contribution < 1.29 is 19.1 Å². The second-order valence-electron chi connectivity index (χ2n) is 5.35. The number of oxime groups is 1. The van der Waals surface area contributed by atoms with E-state index < -0.39 is 5.97 Å². The van der Waals surface area contributed by atoms with E-state index in [0.29, 0.717) is 29.9 Å². The van der Waals surface area contributed by atoms with Gasteiger partial charge in [0.2, 0.25) is 0 Å². The maximum absolute atomic E-state index is 12.0. The van der Waals surface area contributed by atoms with Crippen LogP contribution in [0.15, 0.2) is 58.0 Å². The van der Waals surface area contributed by atoms with E-state index in [9.17, 15) is 4.79 Å². The van der Waals surface area contributed by atoms with Crippen molar-refractivity contribution in [2.45, 2.75) is 68.2 Å². The van der Waals surface area contributed by atoms with E-state index in [2.05, 4.69) is 12.1 Å². The van der Waals surface area contributed by atoms with E-state index in [0.717, 1.165) is 0 Å². The van der Waals surface area contributed by atoms with Crippen LogP contribution in [0.1, 0.15) is 68.2 Å². The highest BCUT2D eigenvalue weighted by Crippen LogP contribution is 2.32. The minimum Gasteiger partial charge on any atom is -0.464 e. The predicted octanol–water partition coefficient (Wildman–Crippen LogP) is 6.70. The number of nitrogens with zero attached hydrogens (tertiary/aromatic N) is 1. The van der Waals surface area contributed by atoms with Crippen LogP contribution < -0.4 is 4.74 Å². The number of carbonyl (C=O) groups is 1. The van der Waals surface area contributed by atoms with Gasteiger partial charge < -0.3 is 14.3 Å². The molecule has 5 heteroatoms. The first-order valence-corrected chi connectivity index (χ1v) is 10.4. The van der Waals surface area contributed by atoms with E-state index in [4.69, 9.17) is 14.3 Å². The molecular weight excluding hydrogens is 366 g/mol. The molecule has 164 valence electrons. The third-order valence-corrected chi connectivity index (χ3v) is 3.76. The second kappa shape index (κ2) is 17.5. The molecule has 0 saturated carbocycles. The molecule has 0 amide bonds. The Labute approximate surface area is 177 Å². The van der Waals surface area contributed by atoms with Crippen molar-refractivity contribution in [1.29, 1.82) is 0 Å². The number of methoxy groups -OCH3 is 1. The number of benzene rings is 1. The number of carbonyl (C=O) groups excluding carboxylic acids is 1. The lowest BCUT2D eigenvalue weighted by atomic mass is 9.89. The number of allylic oxidation sites excluding steroid dienone is 2. The zero-order valence-electron chi connectivity index (χ0n) is 19.9. The normalized spacial score (nSPS) is 13.0. The van der Waals surface area contributed by atoms with Gasteiger partial charge in [0.05, 0.1) is 7.11 Å². The van der Waals surface area contributed by atoms with Gasteiger partial charge in [0.1, 0.15) is 18.6 Å². The summed E-state index contributed by atoms with van der Waals surface area (Å²) in [6.45, 7) is 16.1. The summed E-state index contributed by atoms with van der Waals surface area (Å²) < 4.78 is 10.8. The molecule has 2 rings (SSSR count). The van der Waals surface area contributed by atoms with Crippen LogP contribution in [0.4, 0.5) is 0 Å². The lowest BCUT2D eigenvalue weighted by Crippen LogP contribution is -2.23. The van der Waals surface area contributed by atoms with Crippen molar-refractivity contribution >= 4 is 11.7 Å². The average molecular weight is 406 g/mol. The number of para-hydroxylation sites is 1. The lowest BCUT2D eigenvalue weighted by Gasteiger charge is -2.23. The van der Waals surface area contributed by atoms with Gasteiger partial charge in [0.25, 0.3) is 0 Å². The third-order valence-electron chi connectivity index (χ3n) is 3.76. The van der Waals surface area contributed by atoms with Crippen molar-refractivity contribution in [1.82, 2.24) is 0 Å². The van der Waals surface area contributed by atoms with Crippen molar-refractivity contribution in [3.05, 3.63) is 52.8 Å². The highest BCUT2D eigenvalue weighted by molar-refractivity contribution is 6.43. The number of ether oxygens (including phenoxy) is 2. The average Bonchev–Trinajstić information content (AvgIpc) is 2.79. The van der Waals surface area contributed by atoms with Crippen molar-refractivity contribution in [3.8, 4) is 5.75 Å². The Kier molecular flexibility index (Phi) is 17.3. The highest BCUT2D eigenvalue weighted by Gasteiger charge is 2.27. The quantitative estimate of drug-likeness (QED) is 0.237. The summed E-state index contributed by atoms with van der Waals surface area (Å²) in [4.78, 5) is 16.9. The van der Waals surface area contributed by atoms with Crippen LogP contribution in [0, 0.1) is 0 Å². The fraction of sp³-hybridized carbons (Fsp3) is 0.500. The molecule has 0 radical (unpaired) electrons. The lowest BCUT2D eigenvalue weighted by molar-refractivity contribution is -0.132. The van der Waals surface area contributed by atoms with Crippen LogP contribution in [0.3, 0.4) is 0 Å². The monoisotopic (exact) mass is 405 g/mol. The van der Waals surface area contributed by atoms with Crippen LogP contribution in [0.25, 0.3) is 0 Å². The molecule has 0 atom stereocenters. The maximum atomic E-state index is 12.0. The molecule has 0 aliphatic heterocycles. The fourth-order valence-corrected chi connectivity index (χ4v) is 2.36. The van der Waals surface area contributed by atoms with Gasteiger partial charge in [-0.15, -0.1) is 0 Å². The second-order valence-corrected chi connectivity index (χ2v) is 5.35. The van der Waals surface area contributed by atoms with Crippen LogP contribution in [-0.4, -0.2) is 25.9 Å². The summed E-state index contributed by atoms with van der Waals surface area (Å²) in [5.74, 6) is 0.873. The molecule has 0 N–H and O–H groups in total. The standard InChI is InChI=1S/C18H21NO4.3C2H6/c1-12-10-15(17(19-22-4)18(20)21-3)16(11-13(12)2)23-14-8-6-5-7-9-14;3*1-2/h5-9H,10-11H2,1-4H3;3*1-2H3/b19-17-;;;. The van der Waals surface area contributed by atoms with Gasteiger partial charge in [0.15, 0.2) is 5.71 Å². The Morgan fingerprint density at radius 3 is 1.86 bits per heavy atom. The zero-order chi connectivity index (χ0) is 22.8. The molecule has 1 aromatic carbocycles. The molecule has 0 unspecified atom stereocenters. The van der Waals surface area contributed by atoms with Crippen molar-refractivity contribution in [2.75, 3.05) is 14.2 Å². The molecule has 29 heavy (non-hydrogen) atoms. The molecule has 0 fully saturated rings. The number of hydrogen-bond acceptors (Lipinski definition) is 5. The summed E-state index contributed by atoms with van der Waals surface area (Å²) in [6.07, 6.45) is 1.20. The largest absolute Gasteiger partial charge is 0.464 e. The Balaban J connectivity index is 0. The molecule has 1 aliphatic rings. The summed E-state index contributed by atoms with van der Waals surface area (Å²) >= 11 is 0. The first-order chi connectivity index (χ1) is 14.1. The SMILES string of the molecule is CC.CC.CC.CO/N=C(\C(=O)OC)C1=C(Oc2ccccc2)CC(C)=C(C)C1. The molecule has 0 heterocycles. The van der Waals surface area contributed by atoms with E-state index >= 15 is 0 Å². The molecule has 0 saturated heterocycles. The van der Waals surface area contributed by atoms with Gasteiger partial charge in [-0.25, -0.2) is 4.79 Å². The summed E-state index contributed by atoms with van der Waals surface area (Å²) in [6, 6.07) is 9.46. The molecule has 1 aliphatic carbocycles. The molecule has 1 aromatic rings. The fourth-order valence-electron chi connectivity index (χ4n) is 2.36. The van der Waals surface area contributed by atoms with Crippen LogP contribution in [-0.2, 0) is 14.4 Å². The van der Waals surface area contributed by atoms with E-state index in [1.807, 2.05) is 78.8 Å². The highest BCUT2D eigenvalue weighted by atomic mass is 16.6. The minimum absolute atomic E-state index is 0.146. The topological polar surface area (TPSA) is 57.1 Å². The third kappa shape index (κ3) is 9.46. The van der Waals surface area contributed by atoms with E-state index in [-0.39, 0.29) is 5.71 Å². The van der Waals surface area contributed by atoms with Gasteiger partial charge in [-0.3, -0.25) is 0 Å². The molecule has 0 bridgehead atoms. The smallest absolute Gasteiger partial charge is 0.360 e. The minimum atomic E-state index is -0.539. The molecular formula is C24H39NO4. The van der Waals surface area contributed by atoms with Gasteiger partial charge in [-0.1, -0.05) is 76.0 Å². The summed E-state index contributed by atoms with van der Waals surface area (Å²) in [5.41, 5.74) is 3.26. The Morgan fingerprint density at radius 2 is 1.38 bits per heavy atom. The summed E-state index contributed by atoms with van der Waals surface area (Å²) in [5, 5.41) is 3.85. The zero-order valence-corrected chi connectivity index (χ0v) is 19.9. The molecule has 0 aromatic heterocycles.